The minimum Gasteiger partial charge on any atom is -0.479 e. The van der Waals surface area contributed by atoms with Crippen molar-refractivity contribution in [3.63, 3.8) is 0 Å². The number of carbonyl (C=O) groups is 2. The van der Waals surface area contributed by atoms with Crippen LogP contribution in [0.5, 0.6) is 0 Å². The van der Waals surface area contributed by atoms with Crippen molar-refractivity contribution < 1.29 is 14.7 Å². The Balaban J connectivity index is 1.53. The molecule has 2 heterocycles. The second kappa shape index (κ2) is 7.66. The smallest absolute Gasteiger partial charge is 0.331 e. The van der Waals surface area contributed by atoms with Crippen molar-refractivity contribution in [3.05, 3.63) is 65.5 Å². The first-order valence-electron chi connectivity index (χ1n) is 9.85. The Morgan fingerprint density at radius 3 is 2.24 bits per heavy atom. The van der Waals surface area contributed by atoms with Gasteiger partial charge < -0.3 is 14.9 Å². The zero-order valence-electron chi connectivity index (χ0n) is 16.4. The fourth-order valence-corrected chi connectivity index (χ4v) is 3.58. The third-order valence-electron chi connectivity index (χ3n) is 5.58. The Kier molecular flexibility index (Phi) is 5.05. The van der Waals surface area contributed by atoms with Crippen LogP contribution in [0.2, 0.25) is 0 Å². The predicted octanol–water partition coefficient (Wildman–Crippen LogP) is 2.21. The van der Waals surface area contributed by atoms with Gasteiger partial charge in [-0.3, -0.25) is 9.78 Å². The quantitative estimate of drug-likeness (QED) is 0.637. The number of nitrogens with zero attached hydrogens (tertiary/aromatic N) is 4. The molecule has 0 bridgehead atoms. The normalized spacial score (nSPS) is 18.4. The van der Waals surface area contributed by atoms with Crippen LogP contribution >= 0.6 is 0 Å². The highest BCUT2D eigenvalue weighted by molar-refractivity contribution is 6.00. The molecule has 0 atom stereocenters. The number of benzene rings is 1. The second-order valence-corrected chi connectivity index (χ2v) is 7.58. The molecule has 0 radical (unpaired) electrons. The molecule has 7 nitrogen and oxygen atoms in total. The Morgan fingerprint density at radius 2 is 1.66 bits per heavy atom. The van der Waals surface area contributed by atoms with Crippen LogP contribution < -0.4 is 0 Å². The van der Waals surface area contributed by atoms with Gasteiger partial charge in [0.05, 0.1) is 0 Å². The van der Waals surface area contributed by atoms with Crippen LogP contribution in [0.25, 0.3) is 0 Å². The van der Waals surface area contributed by atoms with Gasteiger partial charge in [-0.15, -0.1) is 0 Å². The number of amidine groups is 1. The maximum atomic E-state index is 12.9. The highest BCUT2D eigenvalue weighted by Gasteiger charge is 2.51. The third-order valence-corrected chi connectivity index (χ3v) is 5.58. The molecular formula is C22H24N4O3. The molecule has 2 aliphatic rings. The number of amides is 1. The first-order chi connectivity index (χ1) is 14.0. The summed E-state index contributed by atoms with van der Waals surface area (Å²) in [6.45, 7) is 4.22. The van der Waals surface area contributed by atoms with Gasteiger partial charge in [0.2, 0.25) is 0 Å². The summed E-state index contributed by atoms with van der Waals surface area (Å²) in [4.78, 5) is 37.5. The summed E-state index contributed by atoms with van der Waals surface area (Å²) in [6, 6.07) is 13.1. The highest BCUT2D eigenvalue weighted by Crippen LogP contribution is 2.40. The zero-order chi connectivity index (χ0) is 20.4. The van der Waals surface area contributed by atoms with E-state index in [0.717, 1.165) is 11.1 Å². The van der Waals surface area contributed by atoms with E-state index in [-0.39, 0.29) is 5.91 Å². The first kappa shape index (κ1) is 19.1. The molecule has 29 heavy (non-hydrogen) atoms. The Bertz CT molecular complexity index is 946. The molecule has 1 saturated carbocycles. The van der Waals surface area contributed by atoms with E-state index in [1.807, 2.05) is 59.2 Å². The molecule has 4 rings (SSSR count). The molecule has 1 aromatic carbocycles. The SMILES string of the molecule is Cc1ccccc1C(=O)N1CCN(/C(=N/C2(C(=O)O)CC2)c2ccccn2)CC1. The highest BCUT2D eigenvalue weighted by atomic mass is 16.4. The van der Waals surface area contributed by atoms with Crippen LogP contribution in [0, 0.1) is 6.92 Å². The minimum atomic E-state index is -1.03. The lowest BCUT2D eigenvalue weighted by Gasteiger charge is -2.37. The van der Waals surface area contributed by atoms with Crippen LogP contribution in [-0.2, 0) is 4.79 Å². The standard InChI is InChI=1S/C22H24N4O3/c1-16-6-2-3-7-17(16)20(27)26-14-12-25(13-15-26)19(18-8-4-5-11-23-18)24-22(9-10-22)21(28)29/h2-8,11H,9-10,12-15H2,1H3,(H,28,29)/b24-19+. The lowest BCUT2D eigenvalue weighted by Crippen LogP contribution is -2.51. The number of carboxylic acid groups (broad SMARTS) is 1. The predicted molar refractivity (Wildman–Crippen MR) is 109 cm³/mol. The van der Waals surface area contributed by atoms with E-state index in [2.05, 4.69) is 9.98 Å². The summed E-state index contributed by atoms with van der Waals surface area (Å²) >= 11 is 0. The van der Waals surface area contributed by atoms with E-state index in [1.165, 1.54) is 0 Å². The average molecular weight is 392 g/mol. The summed E-state index contributed by atoms with van der Waals surface area (Å²) < 4.78 is 0. The van der Waals surface area contributed by atoms with Crippen LogP contribution in [0.15, 0.2) is 53.7 Å². The Morgan fingerprint density at radius 1 is 1.00 bits per heavy atom. The number of aryl methyl sites for hydroxylation is 1. The van der Waals surface area contributed by atoms with Crippen molar-refractivity contribution in [2.75, 3.05) is 26.2 Å². The number of carbonyl (C=O) groups excluding carboxylic acids is 1. The molecule has 1 N–H and O–H groups in total. The van der Waals surface area contributed by atoms with Gasteiger partial charge in [-0.25, -0.2) is 9.79 Å². The van der Waals surface area contributed by atoms with Gasteiger partial charge in [0.1, 0.15) is 5.69 Å². The summed E-state index contributed by atoms with van der Waals surface area (Å²) in [5.41, 5.74) is 1.33. The minimum absolute atomic E-state index is 0.0308. The van der Waals surface area contributed by atoms with E-state index in [9.17, 15) is 14.7 Å². The summed E-state index contributed by atoms with van der Waals surface area (Å²) in [6.07, 6.45) is 2.78. The second-order valence-electron chi connectivity index (χ2n) is 7.58. The third kappa shape index (κ3) is 3.85. The first-order valence-corrected chi connectivity index (χ1v) is 9.85. The van der Waals surface area contributed by atoms with Gasteiger partial charge in [0, 0.05) is 37.9 Å². The van der Waals surface area contributed by atoms with Crippen molar-refractivity contribution in [2.24, 2.45) is 4.99 Å². The molecule has 2 aromatic rings. The maximum absolute atomic E-state index is 12.9. The van der Waals surface area contributed by atoms with E-state index < -0.39 is 11.5 Å². The number of aliphatic carboxylic acids is 1. The molecule has 1 aliphatic carbocycles. The van der Waals surface area contributed by atoms with Gasteiger partial charge in [0.15, 0.2) is 11.4 Å². The average Bonchev–Trinajstić information content (AvgIpc) is 3.54. The molecule has 1 saturated heterocycles. The van der Waals surface area contributed by atoms with Crippen molar-refractivity contribution in [1.29, 1.82) is 0 Å². The van der Waals surface area contributed by atoms with E-state index in [4.69, 9.17) is 0 Å². The van der Waals surface area contributed by atoms with Crippen LogP contribution in [0.3, 0.4) is 0 Å². The molecule has 7 heteroatoms. The largest absolute Gasteiger partial charge is 0.479 e. The lowest BCUT2D eigenvalue weighted by molar-refractivity contribution is -0.139. The fraction of sp³-hybridized carbons (Fsp3) is 0.364. The summed E-state index contributed by atoms with van der Waals surface area (Å²) in [5.74, 6) is -0.254. The van der Waals surface area contributed by atoms with Crippen molar-refractivity contribution in [2.45, 2.75) is 25.3 Å². The summed E-state index contributed by atoms with van der Waals surface area (Å²) in [5, 5.41) is 9.57. The van der Waals surface area contributed by atoms with Crippen LogP contribution in [0.1, 0.15) is 34.5 Å². The number of hydrogen-bond acceptors (Lipinski definition) is 4. The number of pyridine rings is 1. The Hall–Kier alpha value is -3.22. The summed E-state index contributed by atoms with van der Waals surface area (Å²) in [7, 11) is 0. The van der Waals surface area contributed by atoms with Crippen molar-refractivity contribution in [1.82, 2.24) is 14.8 Å². The van der Waals surface area contributed by atoms with Gasteiger partial charge in [-0.05, 0) is 43.5 Å². The van der Waals surface area contributed by atoms with Crippen LogP contribution in [-0.4, -0.2) is 69.3 Å². The van der Waals surface area contributed by atoms with E-state index >= 15 is 0 Å². The number of aliphatic imine (C=N–C) groups is 1. The van der Waals surface area contributed by atoms with Gasteiger partial charge >= 0.3 is 5.97 Å². The van der Waals surface area contributed by atoms with Gasteiger partial charge in [-0.1, -0.05) is 24.3 Å². The van der Waals surface area contributed by atoms with Gasteiger partial charge in [-0.2, -0.15) is 0 Å². The molecule has 0 spiro atoms. The van der Waals surface area contributed by atoms with E-state index in [1.54, 1.807) is 6.20 Å². The number of hydrogen-bond donors (Lipinski definition) is 1. The number of aromatic nitrogens is 1. The Labute approximate surface area is 169 Å². The number of carboxylic acids is 1. The number of piperazine rings is 1. The molecule has 2 fully saturated rings. The molecular weight excluding hydrogens is 368 g/mol. The molecule has 0 unspecified atom stereocenters. The fourth-order valence-electron chi connectivity index (χ4n) is 3.58. The molecule has 1 aliphatic heterocycles. The van der Waals surface area contributed by atoms with E-state index in [0.29, 0.717) is 50.6 Å². The monoisotopic (exact) mass is 392 g/mol. The molecule has 1 amide bonds. The maximum Gasteiger partial charge on any atom is 0.331 e. The van der Waals surface area contributed by atoms with Crippen molar-refractivity contribution in [3.8, 4) is 0 Å². The topological polar surface area (TPSA) is 86.1 Å². The lowest BCUT2D eigenvalue weighted by atomic mass is 10.1. The van der Waals surface area contributed by atoms with Crippen LogP contribution in [0.4, 0.5) is 0 Å². The molecule has 1 aromatic heterocycles. The molecule has 150 valence electrons. The zero-order valence-corrected chi connectivity index (χ0v) is 16.4. The number of rotatable bonds is 4. The van der Waals surface area contributed by atoms with Gasteiger partial charge in [0.25, 0.3) is 5.91 Å². The van der Waals surface area contributed by atoms with Crippen molar-refractivity contribution >= 4 is 17.7 Å².